The Bertz CT molecular complexity index is 1430. The van der Waals surface area contributed by atoms with Crippen molar-refractivity contribution in [3.8, 4) is 16.9 Å². The van der Waals surface area contributed by atoms with Gasteiger partial charge in [-0.1, -0.05) is 54.1 Å². The molecule has 4 aromatic rings. The van der Waals surface area contributed by atoms with Crippen LogP contribution in [0.3, 0.4) is 0 Å². The monoisotopic (exact) mass is 520 g/mol. The minimum Gasteiger partial charge on any atom is -0.327 e. The summed E-state index contributed by atoms with van der Waals surface area (Å²) in [7, 11) is 0. The molecule has 9 heteroatoms. The molecule has 1 N–H and O–H groups in total. The third-order valence-electron chi connectivity index (χ3n) is 5.96. The number of halogens is 3. The smallest absolute Gasteiger partial charge is 0.327 e. The number of carbonyl (C=O) groups is 2. The van der Waals surface area contributed by atoms with Gasteiger partial charge in [0, 0.05) is 23.2 Å². The Labute approximate surface area is 218 Å². The number of hydrogen-bond acceptors (Lipinski definition) is 3. The van der Waals surface area contributed by atoms with Gasteiger partial charge in [0.1, 0.15) is 12.4 Å². The van der Waals surface area contributed by atoms with Gasteiger partial charge in [0.2, 0.25) is 5.91 Å². The second-order valence-corrected chi connectivity index (χ2v) is 9.18. The van der Waals surface area contributed by atoms with Crippen LogP contribution in [0.25, 0.3) is 16.9 Å². The van der Waals surface area contributed by atoms with Crippen LogP contribution in [-0.4, -0.2) is 39.1 Å². The van der Waals surface area contributed by atoms with Gasteiger partial charge in [0.15, 0.2) is 0 Å². The Balaban J connectivity index is 1.60. The molecule has 6 nitrogen and oxygen atoms in total. The molecule has 0 atom stereocenters. The van der Waals surface area contributed by atoms with Crippen LogP contribution in [0.2, 0.25) is 0 Å². The van der Waals surface area contributed by atoms with Gasteiger partial charge in [0.05, 0.1) is 16.9 Å². The number of aryl methyl sites for hydroxylation is 1. The van der Waals surface area contributed by atoms with Crippen LogP contribution in [0.1, 0.15) is 35.3 Å². The van der Waals surface area contributed by atoms with Crippen molar-refractivity contribution in [2.45, 2.75) is 33.0 Å². The van der Waals surface area contributed by atoms with Gasteiger partial charge in [-0.3, -0.25) is 9.59 Å². The number of benzene rings is 3. The summed E-state index contributed by atoms with van der Waals surface area (Å²) in [5.41, 5.74) is 2.23. The van der Waals surface area contributed by atoms with E-state index in [4.69, 9.17) is 0 Å². The lowest BCUT2D eigenvalue weighted by molar-refractivity contribution is -0.137. The number of rotatable bonds is 7. The molecule has 0 bridgehead atoms. The van der Waals surface area contributed by atoms with Crippen molar-refractivity contribution in [3.05, 3.63) is 102 Å². The maximum atomic E-state index is 13.2. The first-order valence-electron chi connectivity index (χ1n) is 12.0. The van der Waals surface area contributed by atoms with Gasteiger partial charge in [0.25, 0.3) is 5.91 Å². The van der Waals surface area contributed by atoms with Crippen molar-refractivity contribution < 1.29 is 22.8 Å². The summed E-state index contributed by atoms with van der Waals surface area (Å²) in [5.74, 6) is -0.780. The van der Waals surface area contributed by atoms with E-state index in [1.807, 2.05) is 61.5 Å². The van der Waals surface area contributed by atoms with Gasteiger partial charge in [-0.15, -0.1) is 0 Å². The molecular formula is C29H27F3N4O2. The van der Waals surface area contributed by atoms with Crippen LogP contribution in [0.4, 0.5) is 19.0 Å². The summed E-state index contributed by atoms with van der Waals surface area (Å²) in [5, 5.41) is 7.51. The largest absolute Gasteiger partial charge is 0.416 e. The van der Waals surface area contributed by atoms with Crippen LogP contribution in [0.15, 0.2) is 84.9 Å². The average molecular weight is 521 g/mol. The van der Waals surface area contributed by atoms with Gasteiger partial charge in [-0.05, 0) is 51.1 Å². The lowest BCUT2D eigenvalue weighted by atomic mass is 10.1. The zero-order valence-corrected chi connectivity index (χ0v) is 21.2. The Hall–Kier alpha value is -4.40. The minimum atomic E-state index is -4.58. The molecule has 0 saturated heterocycles. The normalized spacial score (nSPS) is 11.4. The van der Waals surface area contributed by atoms with Crippen molar-refractivity contribution in [1.29, 1.82) is 0 Å². The van der Waals surface area contributed by atoms with Gasteiger partial charge < -0.3 is 10.2 Å². The first-order valence-corrected chi connectivity index (χ1v) is 12.0. The number of nitrogens with zero attached hydrogens (tertiary/aromatic N) is 3. The van der Waals surface area contributed by atoms with Crippen LogP contribution in [0.5, 0.6) is 0 Å². The second-order valence-electron chi connectivity index (χ2n) is 9.18. The van der Waals surface area contributed by atoms with Gasteiger partial charge in [-0.25, -0.2) is 4.68 Å². The molecule has 2 amide bonds. The Morgan fingerprint density at radius 2 is 1.63 bits per heavy atom. The highest BCUT2D eigenvalue weighted by atomic mass is 19.4. The predicted molar refractivity (Wildman–Crippen MR) is 140 cm³/mol. The summed E-state index contributed by atoms with van der Waals surface area (Å²) in [4.78, 5) is 27.5. The molecule has 0 aliphatic carbocycles. The van der Waals surface area contributed by atoms with Crippen LogP contribution in [0, 0.1) is 6.92 Å². The van der Waals surface area contributed by atoms with E-state index in [0.29, 0.717) is 11.5 Å². The fourth-order valence-corrected chi connectivity index (χ4v) is 3.92. The minimum absolute atomic E-state index is 0.141. The van der Waals surface area contributed by atoms with Crippen LogP contribution in [-0.2, 0) is 11.0 Å². The van der Waals surface area contributed by atoms with Crippen LogP contribution >= 0.6 is 0 Å². The quantitative estimate of drug-likeness (QED) is 0.309. The molecule has 4 rings (SSSR count). The molecule has 0 fully saturated rings. The highest BCUT2D eigenvalue weighted by Gasteiger charge is 2.32. The lowest BCUT2D eigenvalue weighted by Gasteiger charge is -2.26. The van der Waals surface area contributed by atoms with E-state index in [9.17, 15) is 22.8 Å². The standard InChI is InChI=1S/C29H27F3N4O2/c1-19(2)35(28(38)22-10-7-11-23(16-22)29(30,31)32)18-27(37)33-26-17-25(21-8-5-4-6-9-21)34-36(26)24-14-12-20(3)13-15-24/h4-17,19H,18H2,1-3H3,(H,33,37). The highest BCUT2D eigenvalue weighted by Crippen LogP contribution is 2.30. The zero-order chi connectivity index (χ0) is 27.4. The summed E-state index contributed by atoms with van der Waals surface area (Å²) in [6.07, 6.45) is -4.58. The lowest BCUT2D eigenvalue weighted by Crippen LogP contribution is -2.42. The molecule has 3 aromatic carbocycles. The molecule has 0 aliphatic heterocycles. The van der Waals surface area contributed by atoms with Crippen LogP contribution < -0.4 is 5.32 Å². The molecule has 38 heavy (non-hydrogen) atoms. The number of nitrogens with one attached hydrogen (secondary N) is 1. The van der Waals surface area contributed by atoms with E-state index in [0.717, 1.165) is 28.9 Å². The average Bonchev–Trinajstić information content (AvgIpc) is 3.31. The molecule has 0 unspecified atom stereocenters. The van der Waals surface area contributed by atoms with Crippen molar-refractivity contribution >= 4 is 17.6 Å². The van der Waals surface area contributed by atoms with Gasteiger partial charge >= 0.3 is 6.18 Å². The topological polar surface area (TPSA) is 67.2 Å². The first kappa shape index (κ1) is 26.7. The first-order chi connectivity index (χ1) is 18.0. The SMILES string of the molecule is Cc1ccc(-n2nc(-c3ccccc3)cc2NC(=O)CN(C(=O)c2cccc(C(F)(F)F)c2)C(C)C)cc1. The fraction of sp³-hybridized carbons (Fsp3) is 0.207. The molecule has 0 saturated carbocycles. The fourth-order valence-electron chi connectivity index (χ4n) is 3.92. The maximum Gasteiger partial charge on any atom is 0.416 e. The van der Waals surface area contributed by atoms with Gasteiger partial charge in [-0.2, -0.15) is 18.3 Å². The second kappa shape index (κ2) is 10.9. The Kier molecular flexibility index (Phi) is 7.66. The molecule has 0 radical (unpaired) electrons. The summed E-state index contributed by atoms with van der Waals surface area (Å²) in [6.45, 7) is 5.01. The molecule has 1 aromatic heterocycles. The van der Waals surface area contributed by atoms with Crippen molar-refractivity contribution in [3.63, 3.8) is 0 Å². The summed E-state index contributed by atoms with van der Waals surface area (Å²) >= 11 is 0. The number of hydrogen-bond donors (Lipinski definition) is 1. The van der Waals surface area contributed by atoms with Crippen molar-refractivity contribution in [1.82, 2.24) is 14.7 Å². The number of aromatic nitrogens is 2. The number of amides is 2. The molecule has 0 spiro atoms. The predicted octanol–water partition coefficient (Wildman–Crippen LogP) is 6.36. The maximum absolute atomic E-state index is 13.2. The number of carbonyl (C=O) groups excluding carboxylic acids is 2. The zero-order valence-electron chi connectivity index (χ0n) is 21.2. The molecule has 1 heterocycles. The van der Waals surface area contributed by atoms with E-state index in [1.165, 1.54) is 17.0 Å². The highest BCUT2D eigenvalue weighted by molar-refractivity contribution is 5.99. The Morgan fingerprint density at radius 1 is 0.947 bits per heavy atom. The number of alkyl halides is 3. The van der Waals surface area contributed by atoms with Crippen molar-refractivity contribution in [2.75, 3.05) is 11.9 Å². The molecule has 196 valence electrons. The van der Waals surface area contributed by atoms with E-state index in [2.05, 4.69) is 10.4 Å². The van der Waals surface area contributed by atoms with E-state index in [1.54, 1.807) is 24.6 Å². The Morgan fingerprint density at radius 3 is 2.26 bits per heavy atom. The third-order valence-corrected chi connectivity index (χ3v) is 5.96. The summed E-state index contributed by atoms with van der Waals surface area (Å²) < 4.78 is 41.1. The third kappa shape index (κ3) is 6.11. The van der Waals surface area contributed by atoms with E-state index in [-0.39, 0.29) is 12.1 Å². The molecule has 0 aliphatic rings. The van der Waals surface area contributed by atoms with E-state index < -0.39 is 29.6 Å². The van der Waals surface area contributed by atoms with Crippen molar-refractivity contribution in [2.24, 2.45) is 0 Å². The number of anilines is 1. The van der Waals surface area contributed by atoms with E-state index >= 15 is 0 Å². The summed E-state index contributed by atoms with van der Waals surface area (Å²) in [6, 6.07) is 22.6. The molecular weight excluding hydrogens is 493 g/mol.